The number of nitrogens with two attached hydrogens (primary N) is 1. The molecule has 2 rings (SSSR count). The topological polar surface area (TPSA) is 62.9 Å². The fourth-order valence-electron chi connectivity index (χ4n) is 2.80. The summed E-state index contributed by atoms with van der Waals surface area (Å²) < 4.78 is 76.4. The number of benzene rings is 1. The molecule has 10 heteroatoms. The van der Waals surface area contributed by atoms with Crippen LogP contribution in [0.15, 0.2) is 23.9 Å². The van der Waals surface area contributed by atoms with Crippen LogP contribution in [0.2, 0.25) is 0 Å². The Morgan fingerprint density at radius 2 is 1.59 bits per heavy atom. The highest BCUT2D eigenvalue weighted by Gasteiger charge is 2.54. The average molecular weight is 419 g/mol. The van der Waals surface area contributed by atoms with Gasteiger partial charge < -0.3 is 24.5 Å². The molecule has 1 unspecified atom stereocenters. The van der Waals surface area contributed by atoms with Crippen LogP contribution in [0, 0.1) is 0 Å². The third-order valence-electron chi connectivity index (χ3n) is 5.32. The SMILES string of the molecule is COc1ccc(C(CC(N)C(F)(F)F)=C(F)B2OC(C)(C)C(C)(C)O2)cc1OC. The maximum Gasteiger partial charge on any atom is 0.525 e. The first-order valence-corrected chi connectivity index (χ1v) is 9.02. The Kier molecular flexibility index (Phi) is 6.61. The van der Waals surface area contributed by atoms with Gasteiger partial charge in [0.05, 0.1) is 25.4 Å². The van der Waals surface area contributed by atoms with Gasteiger partial charge in [0.25, 0.3) is 0 Å². The van der Waals surface area contributed by atoms with Crippen molar-refractivity contribution >= 4 is 12.7 Å². The molecule has 2 N–H and O–H groups in total. The van der Waals surface area contributed by atoms with E-state index in [1.54, 1.807) is 27.7 Å². The molecule has 0 bridgehead atoms. The molecule has 0 amide bonds. The lowest BCUT2D eigenvalue weighted by molar-refractivity contribution is -0.146. The molecule has 1 saturated heterocycles. The fourth-order valence-corrected chi connectivity index (χ4v) is 2.80. The van der Waals surface area contributed by atoms with Gasteiger partial charge >= 0.3 is 13.3 Å². The highest BCUT2D eigenvalue weighted by atomic mass is 19.4. The Labute approximate surface area is 168 Å². The molecule has 5 nitrogen and oxygen atoms in total. The van der Waals surface area contributed by atoms with Gasteiger partial charge in [-0.1, -0.05) is 6.07 Å². The van der Waals surface area contributed by atoms with Crippen LogP contribution in [0.1, 0.15) is 39.7 Å². The van der Waals surface area contributed by atoms with Crippen molar-refractivity contribution in [1.82, 2.24) is 0 Å². The van der Waals surface area contributed by atoms with E-state index in [-0.39, 0.29) is 16.9 Å². The van der Waals surface area contributed by atoms with E-state index in [2.05, 4.69) is 0 Å². The van der Waals surface area contributed by atoms with Crippen molar-refractivity contribution < 1.29 is 36.3 Å². The number of alkyl halides is 3. The maximum atomic E-state index is 15.4. The first-order chi connectivity index (χ1) is 13.2. The van der Waals surface area contributed by atoms with E-state index in [0.717, 1.165) is 0 Å². The third kappa shape index (κ3) is 4.87. The first-order valence-electron chi connectivity index (χ1n) is 9.02. The molecule has 1 aromatic rings. The zero-order valence-electron chi connectivity index (χ0n) is 17.3. The molecule has 162 valence electrons. The molecular formula is C19H26BF4NO4. The molecule has 0 saturated carbocycles. The summed E-state index contributed by atoms with van der Waals surface area (Å²) >= 11 is 0. The largest absolute Gasteiger partial charge is 0.525 e. The Bertz CT molecular complexity index is 764. The van der Waals surface area contributed by atoms with Crippen LogP contribution in [-0.2, 0) is 9.31 Å². The second kappa shape index (κ2) is 8.16. The standard InChI is InChI=1S/C19H26BF4NO4/c1-17(2)18(3,4)29-20(28-17)16(21)12(10-15(25)19(22,23)24)11-7-8-13(26-5)14(9-11)27-6/h7-9,15H,10,25H2,1-6H3. The lowest BCUT2D eigenvalue weighted by Gasteiger charge is -2.32. The highest BCUT2D eigenvalue weighted by molar-refractivity contribution is 6.55. The molecule has 29 heavy (non-hydrogen) atoms. The number of ether oxygens (including phenoxy) is 2. The fraction of sp³-hybridized carbons (Fsp3) is 0.579. The van der Waals surface area contributed by atoms with E-state index >= 15 is 4.39 Å². The number of hydrogen-bond acceptors (Lipinski definition) is 5. The Morgan fingerprint density at radius 1 is 1.07 bits per heavy atom. The predicted molar refractivity (Wildman–Crippen MR) is 102 cm³/mol. The van der Waals surface area contributed by atoms with Crippen molar-refractivity contribution in [3.05, 3.63) is 29.5 Å². The van der Waals surface area contributed by atoms with Crippen molar-refractivity contribution in [1.29, 1.82) is 0 Å². The lowest BCUT2D eigenvalue weighted by Crippen LogP contribution is -2.41. The van der Waals surface area contributed by atoms with Crippen LogP contribution in [0.25, 0.3) is 5.57 Å². The molecule has 1 atom stereocenters. The summed E-state index contributed by atoms with van der Waals surface area (Å²) in [7, 11) is 1.33. The Morgan fingerprint density at radius 3 is 2.03 bits per heavy atom. The Balaban J connectivity index is 2.55. The first kappa shape index (κ1) is 23.5. The van der Waals surface area contributed by atoms with Gasteiger partial charge in [-0.2, -0.15) is 13.2 Å². The molecule has 1 heterocycles. The van der Waals surface area contributed by atoms with E-state index in [0.29, 0.717) is 5.75 Å². The van der Waals surface area contributed by atoms with Crippen molar-refractivity contribution in [2.45, 2.75) is 57.5 Å². The molecular weight excluding hydrogens is 393 g/mol. The van der Waals surface area contributed by atoms with E-state index in [4.69, 9.17) is 24.5 Å². The van der Waals surface area contributed by atoms with Gasteiger partial charge in [-0.15, -0.1) is 0 Å². The minimum absolute atomic E-state index is 0.162. The Hall–Kier alpha value is -1.78. The molecule has 0 spiro atoms. The average Bonchev–Trinajstić information content (AvgIpc) is 2.85. The van der Waals surface area contributed by atoms with Crippen LogP contribution in [0.4, 0.5) is 17.6 Å². The number of methoxy groups -OCH3 is 2. The van der Waals surface area contributed by atoms with E-state index < -0.39 is 42.7 Å². The molecule has 0 radical (unpaired) electrons. The third-order valence-corrected chi connectivity index (χ3v) is 5.32. The van der Waals surface area contributed by atoms with Crippen LogP contribution in [0.3, 0.4) is 0 Å². The summed E-state index contributed by atoms with van der Waals surface area (Å²) in [6, 6.07) is 2.04. The van der Waals surface area contributed by atoms with Gasteiger partial charge in [-0.05, 0) is 57.4 Å². The van der Waals surface area contributed by atoms with Gasteiger partial charge in [-0.25, -0.2) is 4.39 Å². The van der Waals surface area contributed by atoms with Gasteiger partial charge in [0, 0.05) is 0 Å². The molecule has 0 aromatic heterocycles. The normalized spacial score (nSPS) is 20.3. The minimum atomic E-state index is -4.70. The number of rotatable bonds is 6. The summed E-state index contributed by atoms with van der Waals surface area (Å²) in [4.78, 5) is 0. The van der Waals surface area contributed by atoms with Gasteiger partial charge in [0.2, 0.25) is 0 Å². The highest BCUT2D eigenvalue weighted by Crippen LogP contribution is 2.42. The van der Waals surface area contributed by atoms with Crippen molar-refractivity contribution in [3.8, 4) is 11.5 Å². The summed E-state index contributed by atoms with van der Waals surface area (Å²) in [5.74, 6) is 0.594. The van der Waals surface area contributed by atoms with E-state index in [1.165, 1.54) is 32.4 Å². The lowest BCUT2D eigenvalue weighted by atomic mass is 9.80. The van der Waals surface area contributed by atoms with Gasteiger partial charge in [-0.3, -0.25) is 0 Å². The van der Waals surface area contributed by atoms with E-state index in [1.807, 2.05) is 0 Å². The minimum Gasteiger partial charge on any atom is -0.493 e. The number of halogens is 4. The summed E-state index contributed by atoms with van der Waals surface area (Å²) in [5.41, 5.74) is 2.51. The van der Waals surface area contributed by atoms with Gasteiger partial charge in [0.15, 0.2) is 11.5 Å². The second-order valence-electron chi connectivity index (χ2n) is 7.84. The van der Waals surface area contributed by atoms with Crippen LogP contribution < -0.4 is 15.2 Å². The quantitative estimate of drug-likeness (QED) is 0.551. The summed E-state index contributed by atoms with van der Waals surface area (Å²) in [6.07, 6.45) is -5.49. The van der Waals surface area contributed by atoms with Crippen molar-refractivity contribution in [3.63, 3.8) is 0 Å². The molecule has 1 aliphatic rings. The van der Waals surface area contributed by atoms with Gasteiger partial charge in [0.1, 0.15) is 11.8 Å². The van der Waals surface area contributed by atoms with Crippen LogP contribution >= 0.6 is 0 Å². The van der Waals surface area contributed by atoms with Crippen LogP contribution in [0.5, 0.6) is 11.5 Å². The zero-order valence-corrected chi connectivity index (χ0v) is 17.3. The maximum absolute atomic E-state index is 15.4. The molecule has 1 aliphatic heterocycles. The van der Waals surface area contributed by atoms with Crippen LogP contribution in [-0.4, -0.2) is 44.8 Å². The number of hydrogen-bond donors (Lipinski definition) is 1. The van der Waals surface area contributed by atoms with E-state index in [9.17, 15) is 13.2 Å². The van der Waals surface area contributed by atoms with Crippen molar-refractivity contribution in [2.24, 2.45) is 5.73 Å². The monoisotopic (exact) mass is 419 g/mol. The second-order valence-corrected chi connectivity index (χ2v) is 7.84. The molecule has 1 fully saturated rings. The van der Waals surface area contributed by atoms with Crippen molar-refractivity contribution in [2.75, 3.05) is 14.2 Å². The molecule has 0 aliphatic carbocycles. The summed E-state index contributed by atoms with van der Waals surface area (Å²) in [5, 5.41) is 0. The zero-order chi connectivity index (χ0) is 22.2. The predicted octanol–water partition coefficient (Wildman–Crippen LogP) is 4.30. The summed E-state index contributed by atoms with van der Waals surface area (Å²) in [6.45, 7) is 6.88. The smallest absolute Gasteiger partial charge is 0.493 e. The molecule has 1 aromatic carbocycles.